The molecule has 2 aromatic rings. The molecule has 0 fully saturated rings. The molecule has 2 rings (SSSR count). The molecule has 0 aromatic heterocycles. The second kappa shape index (κ2) is 10.7. The van der Waals surface area contributed by atoms with Crippen LogP contribution in [0.3, 0.4) is 0 Å². The van der Waals surface area contributed by atoms with Gasteiger partial charge in [-0.3, -0.25) is 4.79 Å². The molecule has 0 radical (unpaired) electrons. The van der Waals surface area contributed by atoms with Crippen molar-refractivity contribution in [2.24, 2.45) is 0 Å². The minimum atomic E-state index is -0.831. The summed E-state index contributed by atoms with van der Waals surface area (Å²) in [4.78, 5) is 25.4. The highest BCUT2D eigenvalue weighted by atomic mass is 127. The number of halogens is 2. The summed E-state index contributed by atoms with van der Waals surface area (Å²) in [5, 5.41) is 15.7. The summed E-state index contributed by atoms with van der Waals surface area (Å²) < 4.78 is 6.71. The van der Waals surface area contributed by atoms with Crippen LogP contribution in [0.5, 0.6) is 5.75 Å². The van der Waals surface area contributed by atoms with Gasteiger partial charge in [-0.25, -0.2) is 4.79 Å². The number of benzene rings is 2. The topological polar surface area (TPSA) is 87.7 Å². The number of phenols is 1. The molecule has 2 amide bonds. The van der Waals surface area contributed by atoms with E-state index in [2.05, 4.69) is 10.6 Å². The van der Waals surface area contributed by atoms with E-state index in [1.165, 1.54) is 0 Å². The lowest BCUT2D eigenvalue weighted by Gasteiger charge is -2.25. The standard InChI is InChI=1S/C22H26I2N2O4/c1-13(15-8-6-5-7-9-15)25-20(28)18(26-21(29)30-22(2,3)4)12-14-10-16(23)19(27)17(24)11-14/h5-11,13,18,27H,12H2,1-4H3,(H,25,28)(H,26,29)/t13-,18-/m0/s1. The number of alkyl carbamates (subject to hydrolysis) is 1. The predicted octanol–water partition coefficient (Wildman–Crippen LogP) is 4.91. The Labute approximate surface area is 204 Å². The number of hydrogen-bond acceptors (Lipinski definition) is 4. The smallest absolute Gasteiger partial charge is 0.408 e. The molecule has 30 heavy (non-hydrogen) atoms. The first-order valence-corrected chi connectivity index (χ1v) is 11.6. The monoisotopic (exact) mass is 636 g/mol. The van der Waals surface area contributed by atoms with Crippen LogP contribution in [0.1, 0.15) is 44.9 Å². The first-order chi connectivity index (χ1) is 14.0. The number of carbonyl (C=O) groups excluding carboxylic acids is 2. The maximum absolute atomic E-state index is 13.0. The molecule has 0 spiro atoms. The summed E-state index contributed by atoms with van der Waals surface area (Å²) in [6.45, 7) is 7.20. The van der Waals surface area contributed by atoms with Crippen LogP contribution in [0.2, 0.25) is 0 Å². The summed E-state index contributed by atoms with van der Waals surface area (Å²) in [7, 11) is 0. The van der Waals surface area contributed by atoms with Crippen molar-refractivity contribution in [2.75, 3.05) is 0 Å². The molecule has 0 aliphatic rings. The first-order valence-electron chi connectivity index (χ1n) is 9.48. The van der Waals surface area contributed by atoms with Gasteiger partial charge in [0.25, 0.3) is 0 Å². The molecule has 162 valence electrons. The van der Waals surface area contributed by atoms with Crippen LogP contribution in [-0.2, 0) is 16.0 Å². The average molecular weight is 636 g/mol. The van der Waals surface area contributed by atoms with Gasteiger partial charge in [-0.15, -0.1) is 0 Å². The molecule has 2 aromatic carbocycles. The SMILES string of the molecule is C[C@H](NC(=O)[C@H](Cc1cc(I)c(O)c(I)c1)NC(=O)OC(C)(C)C)c1ccccc1. The van der Waals surface area contributed by atoms with Crippen LogP contribution in [-0.4, -0.2) is 28.7 Å². The van der Waals surface area contributed by atoms with E-state index in [-0.39, 0.29) is 24.1 Å². The fraction of sp³-hybridized carbons (Fsp3) is 0.364. The Morgan fingerprint density at radius 1 is 1.07 bits per heavy atom. The molecule has 0 aliphatic carbocycles. The van der Waals surface area contributed by atoms with Gasteiger partial charge in [-0.1, -0.05) is 30.3 Å². The molecule has 6 nitrogen and oxygen atoms in total. The summed E-state index contributed by atoms with van der Waals surface area (Å²) in [5.74, 6) is -0.103. The number of carbonyl (C=O) groups is 2. The van der Waals surface area contributed by atoms with E-state index in [1.807, 2.05) is 82.4 Å². The first kappa shape index (κ1) is 24.7. The van der Waals surface area contributed by atoms with Crippen LogP contribution in [0, 0.1) is 7.14 Å². The van der Waals surface area contributed by atoms with Crippen LogP contribution in [0.15, 0.2) is 42.5 Å². The fourth-order valence-corrected chi connectivity index (χ4v) is 4.67. The fourth-order valence-electron chi connectivity index (χ4n) is 2.77. The number of ether oxygens (including phenoxy) is 1. The van der Waals surface area contributed by atoms with E-state index in [0.717, 1.165) is 11.1 Å². The van der Waals surface area contributed by atoms with Crippen LogP contribution in [0.4, 0.5) is 4.79 Å². The highest BCUT2D eigenvalue weighted by molar-refractivity contribution is 14.1. The quantitative estimate of drug-likeness (QED) is 0.394. The van der Waals surface area contributed by atoms with Gasteiger partial charge in [0, 0.05) is 6.42 Å². The second-order valence-electron chi connectivity index (χ2n) is 7.95. The largest absolute Gasteiger partial charge is 0.506 e. The van der Waals surface area contributed by atoms with Gasteiger partial charge >= 0.3 is 6.09 Å². The van der Waals surface area contributed by atoms with Gasteiger partial charge in [0.2, 0.25) is 5.91 Å². The third kappa shape index (κ3) is 7.60. The molecule has 0 saturated heterocycles. The van der Waals surface area contributed by atoms with E-state index in [1.54, 1.807) is 32.9 Å². The molecular formula is C22H26I2N2O4. The van der Waals surface area contributed by atoms with Crippen molar-refractivity contribution >= 4 is 57.2 Å². The van der Waals surface area contributed by atoms with Crippen molar-refractivity contribution in [3.63, 3.8) is 0 Å². The van der Waals surface area contributed by atoms with E-state index in [9.17, 15) is 14.7 Å². The normalized spacial score (nSPS) is 13.3. The van der Waals surface area contributed by atoms with Crippen molar-refractivity contribution in [3.05, 3.63) is 60.7 Å². The Kier molecular flexibility index (Phi) is 8.77. The molecule has 3 N–H and O–H groups in total. The molecule has 0 unspecified atom stereocenters. The number of hydrogen-bond donors (Lipinski definition) is 3. The maximum atomic E-state index is 13.0. The third-order valence-electron chi connectivity index (χ3n) is 4.18. The minimum absolute atomic E-state index is 0.207. The number of rotatable bonds is 6. The minimum Gasteiger partial charge on any atom is -0.506 e. The van der Waals surface area contributed by atoms with Gasteiger partial charge in [0.1, 0.15) is 17.4 Å². The van der Waals surface area contributed by atoms with E-state index in [4.69, 9.17) is 4.74 Å². The summed E-state index contributed by atoms with van der Waals surface area (Å²) in [6, 6.07) is 12.2. The van der Waals surface area contributed by atoms with Crippen molar-refractivity contribution in [1.29, 1.82) is 0 Å². The van der Waals surface area contributed by atoms with Gasteiger partial charge < -0.3 is 20.5 Å². The molecule has 8 heteroatoms. The third-order valence-corrected chi connectivity index (χ3v) is 5.83. The highest BCUT2D eigenvalue weighted by Crippen LogP contribution is 2.28. The Bertz CT molecular complexity index is 875. The molecule has 0 heterocycles. The van der Waals surface area contributed by atoms with Gasteiger partial charge in [0.05, 0.1) is 13.2 Å². The van der Waals surface area contributed by atoms with E-state index >= 15 is 0 Å². The van der Waals surface area contributed by atoms with Crippen LogP contribution in [0.25, 0.3) is 0 Å². The Hall–Kier alpha value is -1.56. The van der Waals surface area contributed by atoms with Crippen molar-refractivity contribution in [1.82, 2.24) is 10.6 Å². The zero-order valence-electron chi connectivity index (χ0n) is 17.3. The second-order valence-corrected chi connectivity index (χ2v) is 10.3. The average Bonchev–Trinajstić information content (AvgIpc) is 2.64. The summed E-state index contributed by atoms with van der Waals surface area (Å²) >= 11 is 4.09. The van der Waals surface area contributed by atoms with Gasteiger partial charge in [-0.2, -0.15) is 0 Å². The zero-order chi connectivity index (χ0) is 22.5. The lowest BCUT2D eigenvalue weighted by Crippen LogP contribution is -2.49. The number of nitrogens with one attached hydrogen (secondary N) is 2. The van der Waals surface area contributed by atoms with Crippen molar-refractivity contribution in [3.8, 4) is 5.75 Å². The van der Waals surface area contributed by atoms with Crippen LogP contribution < -0.4 is 10.6 Å². The zero-order valence-corrected chi connectivity index (χ0v) is 21.6. The van der Waals surface area contributed by atoms with E-state index in [0.29, 0.717) is 7.14 Å². The predicted molar refractivity (Wildman–Crippen MR) is 133 cm³/mol. The van der Waals surface area contributed by atoms with Crippen molar-refractivity contribution < 1.29 is 19.4 Å². The lowest BCUT2D eigenvalue weighted by atomic mass is 10.0. The van der Waals surface area contributed by atoms with Gasteiger partial charge in [0.15, 0.2) is 0 Å². The Balaban J connectivity index is 2.21. The number of aromatic hydroxyl groups is 1. The Morgan fingerprint density at radius 3 is 2.17 bits per heavy atom. The summed E-state index contributed by atoms with van der Waals surface area (Å²) in [6.07, 6.45) is -0.392. The van der Waals surface area contributed by atoms with Crippen molar-refractivity contribution in [2.45, 2.75) is 51.8 Å². The maximum Gasteiger partial charge on any atom is 0.408 e. The number of amides is 2. The highest BCUT2D eigenvalue weighted by Gasteiger charge is 2.26. The number of phenolic OH excluding ortho intramolecular Hbond substituents is 1. The molecule has 0 aliphatic heterocycles. The lowest BCUT2D eigenvalue weighted by molar-refractivity contribution is -0.123. The molecule has 2 atom stereocenters. The molecule has 0 bridgehead atoms. The van der Waals surface area contributed by atoms with Crippen LogP contribution >= 0.6 is 45.2 Å². The summed E-state index contributed by atoms with van der Waals surface area (Å²) in [5.41, 5.74) is 1.12. The molecule has 0 saturated carbocycles. The van der Waals surface area contributed by atoms with E-state index < -0.39 is 17.7 Å². The molecular weight excluding hydrogens is 610 g/mol. The Morgan fingerprint density at radius 2 is 1.63 bits per heavy atom. The van der Waals surface area contributed by atoms with Gasteiger partial charge in [-0.05, 0) is 96.1 Å².